The molecule has 1 aliphatic carbocycles. The summed E-state index contributed by atoms with van der Waals surface area (Å²) in [6.07, 6.45) is 4.90. The molecule has 1 fully saturated rings. The number of carbonyl (C=O) groups is 1. The summed E-state index contributed by atoms with van der Waals surface area (Å²) in [5, 5.41) is 2.92. The van der Waals surface area contributed by atoms with E-state index in [0.29, 0.717) is 25.4 Å². The zero-order valence-corrected chi connectivity index (χ0v) is 16.2. The molecule has 28 heavy (non-hydrogen) atoms. The fraction of sp³-hybridized carbons (Fsp3) is 0.409. The number of amides is 2. The first kappa shape index (κ1) is 20.0. The molecule has 0 aliphatic heterocycles. The monoisotopic (exact) mass is 386 g/mol. The average Bonchev–Trinajstić information content (AvgIpc) is 3.21. The number of nitrogens with zero attached hydrogens (tertiary/aromatic N) is 1. The van der Waals surface area contributed by atoms with E-state index in [2.05, 4.69) is 5.32 Å². The van der Waals surface area contributed by atoms with Crippen LogP contribution in [0.4, 0.5) is 9.18 Å². The minimum absolute atomic E-state index is 0.182. The summed E-state index contributed by atoms with van der Waals surface area (Å²) in [5.41, 5.74) is 0.971. The highest BCUT2D eigenvalue weighted by Crippen LogP contribution is 2.26. The molecule has 1 N–H and O–H groups in total. The van der Waals surface area contributed by atoms with Crippen LogP contribution in [0.25, 0.3) is 0 Å². The first-order valence-corrected chi connectivity index (χ1v) is 9.74. The van der Waals surface area contributed by atoms with Gasteiger partial charge in [-0.15, -0.1) is 0 Å². The number of rotatable bonds is 8. The van der Waals surface area contributed by atoms with Crippen LogP contribution < -0.4 is 14.8 Å². The van der Waals surface area contributed by atoms with Gasteiger partial charge in [-0.25, -0.2) is 9.18 Å². The van der Waals surface area contributed by atoms with Crippen LogP contribution in [0.1, 0.15) is 31.2 Å². The Bertz CT molecular complexity index is 761. The maximum Gasteiger partial charge on any atom is 0.317 e. The number of benzene rings is 2. The number of carbonyl (C=O) groups excluding carboxylic acids is 1. The van der Waals surface area contributed by atoms with E-state index in [1.807, 2.05) is 24.3 Å². The lowest BCUT2D eigenvalue weighted by Gasteiger charge is -2.20. The Kier molecular flexibility index (Phi) is 7.12. The van der Waals surface area contributed by atoms with E-state index < -0.39 is 0 Å². The van der Waals surface area contributed by atoms with Gasteiger partial charge in [0.1, 0.15) is 23.9 Å². The minimum atomic E-state index is -0.305. The SMILES string of the molecule is CN(CCOc1ccc(F)cc1)C(=O)NCc1ccccc1OC1CCCC1. The molecule has 2 amide bonds. The van der Waals surface area contributed by atoms with Crippen LogP contribution in [0, 0.1) is 5.82 Å². The van der Waals surface area contributed by atoms with Gasteiger partial charge in [-0.05, 0) is 56.0 Å². The predicted molar refractivity (Wildman–Crippen MR) is 106 cm³/mol. The second-order valence-electron chi connectivity index (χ2n) is 7.01. The number of hydrogen-bond donors (Lipinski definition) is 1. The summed E-state index contributed by atoms with van der Waals surface area (Å²) in [6.45, 7) is 1.16. The molecule has 3 rings (SSSR count). The van der Waals surface area contributed by atoms with Gasteiger partial charge in [-0.1, -0.05) is 18.2 Å². The molecular formula is C22H27FN2O3. The molecule has 1 saturated carbocycles. The van der Waals surface area contributed by atoms with Crippen molar-refractivity contribution in [3.8, 4) is 11.5 Å². The highest BCUT2D eigenvalue weighted by atomic mass is 19.1. The molecule has 0 saturated heterocycles. The van der Waals surface area contributed by atoms with Crippen molar-refractivity contribution in [1.82, 2.24) is 10.2 Å². The van der Waals surface area contributed by atoms with Crippen LogP contribution in [0.2, 0.25) is 0 Å². The number of likely N-dealkylation sites (N-methyl/N-ethyl adjacent to an activating group) is 1. The minimum Gasteiger partial charge on any atom is -0.492 e. The Morgan fingerprint density at radius 2 is 1.86 bits per heavy atom. The number of halogens is 1. The van der Waals surface area contributed by atoms with Crippen molar-refractivity contribution in [2.24, 2.45) is 0 Å². The Labute approximate surface area is 165 Å². The van der Waals surface area contributed by atoms with Crippen molar-refractivity contribution in [3.63, 3.8) is 0 Å². The van der Waals surface area contributed by atoms with Crippen LogP contribution >= 0.6 is 0 Å². The molecule has 0 radical (unpaired) electrons. The van der Waals surface area contributed by atoms with E-state index in [-0.39, 0.29) is 18.0 Å². The summed E-state index contributed by atoms with van der Waals surface area (Å²) >= 11 is 0. The Morgan fingerprint density at radius 1 is 1.14 bits per heavy atom. The second-order valence-corrected chi connectivity index (χ2v) is 7.01. The molecule has 0 spiro atoms. The summed E-state index contributed by atoms with van der Waals surface area (Å²) in [7, 11) is 1.71. The van der Waals surface area contributed by atoms with E-state index in [1.165, 1.54) is 25.0 Å². The van der Waals surface area contributed by atoms with Crippen LogP contribution in [0.3, 0.4) is 0 Å². The lowest BCUT2D eigenvalue weighted by molar-refractivity contribution is 0.193. The first-order valence-electron chi connectivity index (χ1n) is 9.74. The predicted octanol–water partition coefficient (Wildman–Crippen LogP) is 4.37. The van der Waals surface area contributed by atoms with Gasteiger partial charge in [0.25, 0.3) is 0 Å². The van der Waals surface area contributed by atoms with E-state index in [4.69, 9.17) is 9.47 Å². The van der Waals surface area contributed by atoms with Gasteiger partial charge in [-0.3, -0.25) is 0 Å². The van der Waals surface area contributed by atoms with Gasteiger partial charge in [-0.2, -0.15) is 0 Å². The van der Waals surface area contributed by atoms with Gasteiger partial charge < -0.3 is 19.7 Å². The lowest BCUT2D eigenvalue weighted by atomic mass is 10.2. The van der Waals surface area contributed by atoms with Crippen LogP contribution in [0.5, 0.6) is 11.5 Å². The third-order valence-corrected chi connectivity index (χ3v) is 4.85. The molecule has 6 heteroatoms. The summed E-state index contributed by atoms with van der Waals surface area (Å²) in [5.74, 6) is 1.12. The zero-order valence-electron chi connectivity index (χ0n) is 16.2. The van der Waals surface area contributed by atoms with E-state index in [1.54, 1.807) is 24.1 Å². The van der Waals surface area contributed by atoms with Crippen molar-refractivity contribution < 1.29 is 18.7 Å². The summed E-state index contributed by atoms with van der Waals surface area (Å²) in [4.78, 5) is 13.9. The maximum atomic E-state index is 12.9. The fourth-order valence-electron chi connectivity index (χ4n) is 3.19. The van der Waals surface area contributed by atoms with Gasteiger partial charge in [0, 0.05) is 19.2 Å². The quantitative estimate of drug-likeness (QED) is 0.733. The highest BCUT2D eigenvalue weighted by molar-refractivity contribution is 5.73. The molecule has 150 valence electrons. The van der Waals surface area contributed by atoms with E-state index in [9.17, 15) is 9.18 Å². The Balaban J connectivity index is 1.43. The summed E-state index contributed by atoms with van der Waals surface area (Å²) < 4.78 is 24.5. The van der Waals surface area contributed by atoms with Crippen molar-refractivity contribution in [3.05, 3.63) is 59.9 Å². The third kappa shape index (κ3) is 5.87. The first-order chi connectivity index (χ1) is 13.6. The van der Waals surface area contributed by atoms with E-state index >= 15 is 0 Å². The number of ether oxygens (including phenoxy) is 2. The molecule has 0 atom stereocenters. The normalized spacial score (nSPS) is 13.9. The lowest BCUT2D eigenvalue weighted by Crippen LogP contribution is -2.39. The Morgan fingerprint density at radius 3 is 2.61 bits per heavy atom. The smallest absolute Gasteiger partial charge is 0.317 e. The molecule has 0 heterocycles. The number of urea groups is 1. The number of para-hydroxylation sites is 1. The van der Waals surface area contributed by atoms with E-state index in [0.717, 1.165) is 24.2 Å². The summed E-state index contributed by atoms with van der Waals surface area (Å²) in [6, 6.07) is 13.5. The van der Waals surface area contributed by atoms with Gasteiger partial charge in [0.2, 0.25) is 0 Å². The van der Waals surface area contributed by atoms with Crippen molar-refractivity contribution in [1.29, 1.82) is 0 Å². The molecule has 0 unspecified atom stereocenters. The van der Waals surface area contributed by atoms with Crippen molar-refractivity contribution in [2.45, 2.75) is 38.3 Å². The number of nitrogens with one attached hydrogen (secondary N) is 1. The third-order valence-electron chi connectivity index (χ3n) is 4.85. The standard InChI is InChI=1S/C22H27FN2O3/c1-25(14-15-27-19-12-10-18(23)11-13-19)22(26)24-16-17-6-2-5-9-21(17)28-20-7-3-4-8-20/h2,5-6,9-13,20H,3-4,7-8,14-16H2,1H3,(H,24,26). The maximum absolute atomic E-state index is 12.9. The molecule has 0 bridgehead atoms. The van der Waals surface area contributed by atoms with Gasteiger partial charge in [0.15, 0.2) is 0 Å². The van der Waals surface area contributed by atoms with Crippen LogP contribution in [-0.2, 0) is 6.54 Å². The molecule has 1 aliphatic rings. The van der Waals surface area contributed by atoms with Gasteiger partial charge >= 0.3 is 6.03 Å². The fourth-order valence-corrected chi connectivity index (χ4v) is 3.19. The topological polar surface area (TPSA) is 50.8 Å². The van der Waals surface area contributed by atoms with Crippen LogP contribution in [-0.4, -0.2) is 37.2 Å². The number of hydrogen-bond acceptors (Lipinski definition) is 3. The molecule has 5 nitrogen and oxygen atoms in total. The molecule has 0 aromatic heterocycles. The highest BCUT2D eigenvalue weighted by Gasteiger charge is 2.18. The van der Waals surface area contributed by atoms with Crippen LogP contribution in [0.15, 0.2) is 48.5 Å². The van der Waals surface area contributed by atoms with Gasteiger partial charge in [0.05, 0.1) is 12.6 Å². The second kappa shape index (κ2) is 9.97. The zero-order chi connectivity index (χ0) is 19.8. The largest absolute Gasteiger partial charge is 0.492 e. The van der Waals surface area contributed by atoms with Crippen molar-refractivity contribution in [2.75, 3.05) is 20.2 Å². The molecule has 2 aromatic rings. The molecule has 2 aromatic carbocycles. The Hall–Kier alpha value is -2.76. The molecular weight excluding hydrogens is 359 g/mol. The van der Waals surface area contributed by atoms with Crippen molar-refractivity contribution >= 4 is 6.03 Å². The average molecular weight is 386 g/mol.